The van der Waals surface area contributed by atoms with Crippen LogP contribution in [0.3, 0.4) is 0 Å². The molecule has 0 heterocycles. The van der Waals surface area contributed by atoms with Crippen LogP contribution in [0.2, 0.25) is 0 Å². The molecule has 0 spiro atoms. The van der Waals surface area contributed by atoms with Crippen molar-refractivity contribution in [2.45, 2.75) is 12.5 Å². The Balaban J connectivity index is 2.06. The van der Waals surface area contributed by atoms with E-state index in [1.54, 1.807) is 6.08 Å². The summed E-state index contributed by atoms with van der Waals surface area (Å²) in [6, 6.07) is 18.1. The van der Waals surface area contributed by atoms with Gasteiger partial charge in [-0.25, -0.2) is 0 Å². The molecule has 2 rings (SSSR count). The molecule has 0 saturated carbocycles. The number of carbonyl (C=O) groups excluding carboxylic acids is 1. The number of aliphatic hydroxyl groups is 1. The lowest BCUT2D eigenvalue weighted by Crippen LogP contribution is -2.28. The number of hydrogen-bond donors (Lipinski definition) is 2. The number of nitrogens with one attached hydrogen (secondary N) is 1. The molecule has 0 unspecified atom stereocenters. The minimum Gasteiger partial charge on any atom is -0.396 e. The molecule has 0 fully saturated rings. The van der Waals surface area contributed by atoms with Gasteiger partial charge in [-0.15, -0.1) is 0 Å². The van der Waals surface area contributed by atoms with Gasteiger partial charge in [-0.3, -0.25) is 4.79 Å². The zero-order valence-corrected chi connectivity index (χ0v) is 14.9. The van der Waals surface area contributed by atoms with Crippen molar-refractivity contribution in [2.24, 2.45) is 0 Å². The number of aliphatic hydroxyl groups excluding tert-OH is 1. The highest BCUT2D eigenvalue weighted by Crippen LogP contribution is 2.23. The summed E-state index contributed by atoms with van der Waals surface area (Å²) < 4.78 is 0. The highest BCUT2D eigenvalue weighted by molar-refractivity contribution is 5.87. The Kier molecular flexibility index (Phi) is 7.38. The fourth-order valence-electron chi connectivity index (χ4n) is 2.58. The van der Waals surface area contributed by atoms with E-state index in [-0.39, 0.29) is 18.6 Å². The van der Waals surface area contributed by atoms with Crippen LogP contribution < -0.4 is 5.32 Å². The van der Waals surface area contributed by atoms with E-state index >= 15 is 0 Å². The summed E-state index contributed by atoms with van der Waals surface area (Å²) in [7, 11) is 3.90. The minimum atomic E-state index is -0.202. The van der Waals surface area contributed by atoms with Crippen LogP contribution in [-0.4, -0.2) is 43.2 Å². The lowest BCUT2D eigenvalue weighted by Gasteiger charge is -2.18. The fraction of sp³-hybridized carbons (Fsp3) is 0.286. The number of carbonyl (C=O) groups is 1. The van der Waals surface area contributed by atoms with Gasteiger partial charge in [-0.05, 0) is 37.2 Å². The SMILES string of the molecule is CN(C)C/C=C/C(=O)N[C@@H](CCO)c1ccc(-c2ccccc2)cc1. The summed E-state index contributed by atoms with van der Waals surface area (Å²) >= 11 is 0. The molecule has 25 heavy (non-hydrogen) atoms. The van der Waals surface area contributed by atoms with Crippen LogP contribution in [0.5, 0.6) is 0 Å². The van der Waals surface area contributed by atoms with E-state index in [4.69, 9.17) is 0 Å². The van der Waals surface area contributed by atoms with Crippen LogP contribution in [-0.2, 0) is 4.79 Å². The lowest BCUT2D eigenvalue weighted by molar-refractivity contribution is -0.117. The molecule has 1 amide bonds. The van der Waals surface area contributed by atoms with Crippen molar-refractivity contribution in [1.82, 2.24) is 10.2 Å². The number of hydrogen-bond acceptors (Lipinski definition) is 3. The molecule has 0 aliphatic heterocycles. The van der Waals surface area contributed by atoms with Crippen molar-refractivity contribution >= 4 is 5.91 Å². The topological polar surface area (TPSA) is 52.6 Å². The van der Waals surface area contributed by atoms with Gasteiger partial charge in [0.05, 0.1) is 6.04 Å². The summed E-state index contributed by atoms with van der Waals surface area (Å²) in [6.07, 6.45) is 3.85. The van der Waals surface area contributed by atoms with Crippen LogP contribution in [0.1, 0.15) is 18.0 Å². The van der Waals surface area contributed by atoms with Crippen molar-refractivity contribution in [3.63, 3.8) is 0 Å². The predicted molar refractivity (Wildman–Crippen MR) is 102 cm³/mol. The van der Waals surface area contributed by atoms with Gasteiger partial charge >= 0.3 is 0 Å². The first kappa shape index (κ1) is 18.9. The smallest absolute Gasteiger partial charge is 0.244 e. The fourth-order valence-corrected chi connectivity index (χ4v) is 2.58. The van der Waals surface area contributed by atoms with Gasteiger partial charge in [0.25, 0.3) is 0 Å². The van der Waals surface area contributed by atoms with Gasteiger partial charge < -0.3 is 15.3 Å². The summed E-state index contributed by atoms with van der Waals surface area (Å²) in [5, 5.41) is 12.3. The maximum absolute atomic E-state index is 12.1. The van der Waals surface area contributed by atoms with Crippen molar-refractivity contribution in [3.05, 3.63) is 72.3 Å². The Labute approximate surface area is 149 Å². The van der Waals surface area contributed by atoms with Gasteiger partial charge in [0, 0.05) is 19.2 Å². The van der Waals surface area contributed by atoms with Gasteiger partial charge in [0.2, 0.25) is 5.91 Å². The van der Waals surface area contributed by atoms with E-state index < -0.39 is 0 Å². The minimum absolute atomic E-state index is 0.0206. The zero-order chi connectivity index (χ0) is 18.1. The number of amides is 1. The monoisotopic (exact) mass is 338 g/mol. The second kappa shape index (κ2) is 9.77. The number of rotatable bonds is 8. The third kappa shape index (κ3) is 6.18. The summed E-state index contributed by atoms with van der Waals surface area (Å²) in [5.74, 6) is -0.146. The van der Waals surface area contributed by atoms with Crippen LogP contribution in [0, 0.1) is 0 Å². The molecular weight excluding hydrogens is 312 g/mol. The molecule has 0 radical (unpaired) electrons. The first-order chi connectivity index (χ1) is 12.1. The molecule has 0 aromatic heterocycles. The lowest BCUT2D eigenvalue weighted by atomic mass is 9.99. The average Bonchev–Trinajstić information content (AvgIpc) is 2.62. The Morgan fingerprint density at radius 2 is 1.72 bits per heavy atom. The van der Waals surface area contributed by atoms with Gasteiger partial charge in [-0.2, -0.15) is 0 Å². The molecule has 2 aromatic rings. The highest BCUT2D eigenvalue weighted by atomic mass is 16.3. The molecule has 4 heteroatoms. The van der Waals surface area contributed by atoms with Gasteiger partial charge in [-0.1, -0.05) is 60.7 Å². The Morgan fingerprint density at radius 1 is 1.08 bits per heavy atom. The molecule has 132 valence electrons. The van der Waals surface area contributed by atoms with Crippen LogP contribution in [0.15, 0.2) is 66.7 Å². The van der Waals surface area contributed by atoms with E-state index in [1.807, 2.05) is 67.5 Å². The third-order valence-electron chi connectivity index (χ3n) is 3.89. The summed E-state index contributed by atoms with van der Waals surface area (Å²) in [6.45, 7) is 0.733. The summed E-state index contributed by atoms with van der Waals surface area (Å²) in [4.78, 5) is 14.1. The normalized spacial score (nSPS) is 12.5. The van der Waals surface area contributed by atoms with E-state index in [9.17, 15) is 9.90 Å². The molecule has 2 N–H and O–H groups in total. The Hall–Kier alpha value is -2.43. The maximum Gasteiger partial charge on any atom is 0.244 e. The van der Waals surface area contributed by atoms with Crippen molar-refractivity contribution in [2.75, 3.05) is 27.2 Å². The molecule has 2 aromatic carbocycles. The second-order valence-electron chi connectivity index (χ2n) is 6.23. The molecule has 1 atom stereocenters. The third-order valence-corrected chi connectivity index (χ3v) is 3.89. The van der Waals surface area contributed by atoms with Crippen molar-refractivity contribution < 1.29 is 9.90 Å². The van der Waals surface area contributed by atoms with E-state index in [0.29, 0.717) is 13.0 Å². The van der Waals surface area contributed by atoms with Gasteiger partial charge in [0.1, 0.15) is 0 Å². The zero-order valence-electron chi connectivity index (χ0n) is 14.9. The maximum atomic E-state index is 12.1. The van der Waals surface area contributed by atoms with Crippen molar-refractivity contribution in [1.29, 1.82) is 0 Å². The standard InChI is InChI=1S/C21H26N2O2/c1-23(2)15-6-9-21(25)22-20(14-16-24)19-12-10-18(11-13-19)17-7-4-3-5-8-17/h3-13,20,24H,14-16H2,1-2H3,(H,22,25)/b9-6+/t20-/m0/s1. The molecular formula is C21H26N2O2. The highest BCUT2D eigenvalue weighted by Gasteiger charge is 2.13. The average molecular weight is 338 g/mol. The Bertz CT molecular complexity index is 679. The quantitative estimate of drug-likeness (QED) is 0.728. The molecule has 0 aliphatic carbocycles. The first-order valence-corrected chi connectivity index (χ1v) is 8.48. The summed E-state index contributed by atoms with van der Waals surface area (Å²) in [5.41, 5.74) is 3.27. The Morgan fingerprint density at radius 3 is 2.32 bits per heavy atom. The molecule has 0 bridgehead atoms. The number of likely N-dealkylation sites (N-methyl/N-ethyl adjacent to an activating group) is 1. The predicted octanol–water partition coefficient (Wildman–Crippen LogP) is 3.01. The van der Waals surface area contributed by atoms with Crippen LogP contribution in [0.25, 0.3) is 11.1 Å². The largest absolute Gasteiger partial charge is 0.396 e. The number of nitrogens with zero attached hydrogens (tertiary/aromatic N) is 1. The molecule has 4 nitrogen and oxygen atoms in total. The molecule has 0 aliphatic rings. The first-order valence-electron chi connectivity index (χ1n) is 8.48. The van der Waals surface area contributed by atoms with E-state index in [2.05, 4.69) is 17.4 Å². The van der Waals surface area contributed by atoms with E-state index in [1.165, 1.54) is 0 Å². The number of benzene rings is 2. The van der Waals surface area contributed by atoms with Crippen molar-refractivity contribution in [3.8, 4) is 11.1 Å². The van der Waals surface area contributed by atoms with Crippen LogP contribution in [0.4, 0.5) is 0 Å². The molecule has 0 saturated heterocycles. The van der Waals surface area contributed by atoms with E-state index in [0.717, 1.165) is 16.7 Å². The van der Waals surface area contributed by atoms with Crippen LogP contribution >= 0.6 is 0 Å². The van der Waals surface area contributed by atoms with Gasteiger partial charge in [0.15, 0.2) is 0 Å². The second-order valence-corrected chi connectivity index (χ2v) is 6.23.